The number of anilines is 1. The van der Waals surface area contributed by atoms with Crippen molar-refractivity contribution in [3.8, 4) is 5.75 Å². The van der Waals surface area contributed by atoms with Crippen molar-refractivity contribution in [1.29, 1.82) is 0 Å². The summed E-state index contributed by atoms with van der Waals surface area (Å²) in [6.45, 7) is 5.99. The maximum atomic E-state index is 11.0. The molecule has 0 bridgehead atoms. The van der Waals surface area contributed by atoms with Crippen LogP contribution in [0.4, 0.5) is 5.95 Å². The quantitative estimate of drug-likeness (QED) is 0.488. The van der Waals surface area contributed by atoms with Crippen molar-refractivity contribution in [1.82, 2.24) is 19.5 Å². The van der Waals surface area contributed by atoms with Crippen molar-refractivity contribution < 1.29 is 23.6 Å². The van der Waals surface area contributed by atoms with Gasteiger partial charge in [0.05, 0.1) is 31.6 Å². The third-order valence-corrected chi connectivity index (χ3v) is 5.21. The lowest BCUT2D eigenvalue weighted by Crippen LogP contribution is -2.07. The van der Waals surface area contributed by atoms with Gasteiger partial charge in [-0.1, -0.05) is 0 Å². The summed E-state index contributed by atoms with van der Waals surface area (Å²) < 4.78 is 23.0. The van der Waals surface area contributed by atoms with Gasteiger partial charge in [-0.05, 0) is 32.8 Å². The average molecular weight is 421 g/mol. The van der Waals surface area contributed by atoms with E-state index in [0.717, 1.165) is 33.5 Å². The maximum absolute atomic E-state index is 11.0. The van der Waals surface area contributed by atoms with Crippen molar-refractivity contribution in [3.05, 3.63) is 40.5 Å². The molecule has 4 N–H and O–H groups in total. The van der Waals surface area contributed by atoms with Crippen LogP contribution in [0.5, 0.6) is 5.75 Å². The van der Waals surface area contributed by atoms with E-state index < -0.39 is 7.82 Å². The molecule has 0 saturated carbocycles. The van der Waals surface area contributed by atoms with E-state index in [-0.39, 0.29) is 19.0 Å². The monoisotopic (exact) mass is 421 g/mol. The first kappa shape index (κ1) is 21.2. The van der Waals surface area contributed by atoms with Gasteiger partial charge in [-0.25, -0.2) is 9.55 Å². The first-order chi connectivity index (χ1) is 13.6. The van der Waals surface area contributed by atoms with Gasteiger partial charge in [0, 0.05) is 28.9 Å². The number of phosphoric ester groups is 1. The molecule has 0 fully saturated rings. The van der Waals surface area contributed by atoms with Crippen molar-refractivity contribution in [2.75, 3.05) is 19.5 Å². The molecule has 3 rings (SSSR count). The Morgan fingerprint density at radius 1 is 1.24 bits per heavy atom. The van der Waals surface area contributed by atoms with Gasteiger partial charge in [0.1, 0.15) is 11.4 Å². The lowest BCUT2D eigenvalue weighted by Gasteiger charge is -2.13. The molecule has 0 amide bonds. The summed E-state index contributed by atoms with van der Waals surface area (Å²) in [5.74, 6) is 0.936. The molecular weight excluding hydrogens is 397 g/mol. The van der Waals surface area contributed by atoms with Crippen LogP contribution in [0, 0.1) is 20.8 Å². The first-order valence-corrected chi connectivity index (χ1v) is 10.4. The second-order valence-electron chi connectivity index (χ2n) is 6.77. The maximum Gasteiger partial charge on any atom is 0.469 e. The molecule has 0 radical (unpaired) electrons. The molecule has 0 aliphatic heterocycles. The summed E-state index contributed by atoms with van der Waals surface area (Å²) >= 11 is 0. The molecule has 3 aromatic rings. The van der Waals surface area contributed by atoms with Crippen LogP contribution in [-0.2, 0) is 22.1 Å². The van der Waals surface area contributed by atoms with Crippen LogP contribution in [0.15, 0.2) is 12.4 Å². The van der Waals surface area contributed by atoms with Gasteiger partial charge < -0.3 is 24.8 Å². The molecule has 3 heterocycles. The van der Waals surface area contributed by atoms with Crippen LogP contribution in [0.2, 0.25) is 0 Å². The van der Waals surface area contributed by atoms with Gasteiger partial charge in [-0.15, -0.1) is 0 Å². The molecule has 0 saturated heterocycles. The molecule has 29 heavy (non-hydrogen) atoms. The lowest BCUT2D eigenvalue weighted by molar-refractivity contribution is 0.199. The number of pyridine rings is 1. The number of methoxy groups -OCH3 is 1. The number of ether oxygens (including phenoxy) is 1. The summed E-state index contributed by atoms with van der Waals surface area (Å²) in [5, 5.41) is 0.783. The van der Waals surface area contributed by atoms with Gasteiger partial charge in [0.2, 0.25) is 5.95 Å². The zero-order valence-electron chi connectivity index (χ0n) is 16.7. The largest absolute Gasteiger partial charge is 0.496 e. The molecule has 0 unspecified atom stereocenters. The number of nitrogens with two attached hydrogens (primary N) is 1. The van der Waals surface area contributed by atoms with E-state index in [2.05, 4.69) is 19.5 Å². The second kappa shape index (κ2) is 8.08. The number of phosphoric acid groups is 1. The van der Waals surface area contributed by atoms with Crippen LogP contribution in [0.3, 0.4) is 0 Å². The fourth-order valence-electron chi connectivity index (χ4n) is 3.45. The van der Waals surface area contributed by atoms with E-state index in [0.29, 0.717) is 17.9 Å². The molecule has 0 aliphatic carbocycles. The summed E-state index contributed by atoms with van der Waals surface area (Å²) in [6.07, 6.45) is 3.91. The molecule has 3 aromatic heterocycles. The zero-order chi connectivity index (χ0) is 21.3. The van der Waals surface area contributed by atoms with Crippen LogP contribution >= 0.6 is 7.82 Å². The van der Waals surface area contributed by atoms with E-state index in [1.165, 1.54) is 0 Å². The van der Waals surface area contributed by atoms with Crippen molar-refractivity contribution in [3.63, 3.8) is 0 Å². The Morgan fingerprint density at radius 2 is 1.97 bits per heavy atom. The van der Waals surface area contributed by atoms with Crippen LogP contribution < -0.4 is 10.5 Å². The topological polar surface area (TPSA) is 146 Å². The minimum atomic E-state index is -4.53. The second-order valence-corrected chi connectivity index (χ2v) is 8.01. The fraction of sp³-hybridized carbons (Fsp3) is 0.389. The summed E-state index contributed by atoms with van der Waals surface area (Å²) in [6, 6.07) is 0. The van der Waals surface area contributed by atoms with Crippen LogP contribution in [0.25, 0.3) is 11.0 Å². The van der Waals surface area contributed by atoms with Gasteiger partial charge in [0.15, 0.2) is 0 Å². The predicted molar refractivity (Wildman–Crippen MR) is 108 cm³/mol. The highest BCUT2D eigenvalue weighted by Crippen LogP contribution is 2.36. The van der Waals surface area contributed by atoms with Gasteiger partial charge >= 0.3 is 7.82 Å². The van der Waals surface area contributed by atoms with E-state index in [1.807, 2.05) is 31.5 Å². The number of rotatable bonds is 7. The Labute approximate surface area is 168 Å². The zero-order valence-corrected chi connectivity index (χ0v) is 17.6. The third-order valence-electron chi connectivity index (χ3n) is 4.69. The first-order valence-electron chi connectivity index (χ1n) is 8.91. The van der Waals surface area contributed by atoms with Crippen LogP contribution in [-0.4, -0.2) is 43.0 Å². The molecule has 11 heteroatoms. The summed E-state index contributed by atoms with van der Waals surface area (Å²) in [7, 11) is -2.91. The molecule has 0 atom stereocenters. The van der Waals surface area contributed by atoms with E-state index >= 15 is 0 Å². The van der Waals surface area contributed by atoms with E-state index in [9.17, 15) is 4.57 Å². The Morgan fingerprint density at radius 3 is 2.62 bits per heavy atom. The molecule has 156 valence electrons. The number of aryl methyl sites for hydroxylation is 2. The molecule has 0 aromatic carbocycles. The number of hydrogen-bond acceptors (Lipinski definition) is 7. The van der Waals surface area contributed by atoms with Gasteiger partial charge in [-0.2, -0.15) is 4.98 Å². The minimum Gasteiger partial charge on any atom is -0.496 e. The Balaban J connectivity index is 2.03. The standard InChI is InChI=1S/C18H24N5O5P/c1-10-7-20-14(11(2)16(10)27-4)9-23-8-13(5-6-28-29(24,25)26)15-12(3)21-18(19)22-17(15)23/h7-8H,5-6,9H2,1-4H3,(H2,19,21,22)(H2,24,25,26). The average Bonchev–Trinajstić information content (AvgIpc) is 2.94. The van der Waals surface area contributed by atoms with E-state index in [1.54, 1.807) is 13.3 Å². The number of nitrogen functional groups attached to an aromatic ring is 1. The highest BCUT2D eigenvalue weighted by molar-refractivity contribution is 7.46. The van der Waals surface area contributed by atoms with Crippen molar-refractivity contribution in [2.24, 2.45) is 0 Å². The molecular formula is C18H24N5O5P. The predicted octanol–water partition coefficient (Wildman–Crippen LogP) is 2.04. The number of fused-ring (bicyclic) bond motifs is 1. The van der Waals surface area contributed by atoms with Gasteiger partial charge in [0.25, 0.3) is 0 Å². The Bertz CT molecular complexity index is 1110. The van der Waals surface area contributed by atoms with Gasteiger partial charge in [-0.3, -0.25) is 9.51 Å². The van der Waals surface area contributed by atoms with Crippen molar-refractivity contribution in [2.45, 2.75) is 33.7 Å². The Hall–Kier alpha value is -2.52. The highest BCUT2D eigenvalue weighted by atomic mass is 31.2. The molecule has 0 spiro atoms. The number of aromatic nitrogens is 4. The number of nitrogens with zero attached hydrogens (tertiary/aromatic N) is 4. The smallest absolute Gasteiger partial charge is 0.469 e. The lowest BCUT2D eigenvalue weighted by atomic mass is 10.1. The normalized spacial score (nSPS) is 11.9. The minimum absolute atomic E-state index is 0.136. The molecule has 10 nitrogen and oxygen atoms in total. The summed E-state index contributed by atoms with van der Waals surface area (Å²) in [5.41, 5.74) is 10.7. The molecule has 0 aliphatic rings. The summed E-state index contributed by atoms with van der Waals surface area (Å²) in [4.78, 5) is 31.0. The van der Waals surface area contributed by atoms with Crippen LogP contribution in [0.1, 0.15) is 28.1 Å². The van der Waals surface area contributed by atoms with Crippen molar-refractivity contribution >= 4 is 24.8 Å². The SMILES string of the molecule is COc1c(C)cnc(Cn2cc(CCOP(=O)(O)O)c3c(C)nc(N)nc32)c1C. The van der Waals surface area contributed by atoms with E-state index in [4.69, 9.17) is 20.3 Å². The third kappa shape index (κ3) is 4.56. The number of hydrogen-bond donors (Lipinski definition) is 3. The highest BCUT2D eigenvalue weighted by Gasteiger charge is 2.19. The fourth-order valence-corrected chi connectivity index (χ4v) is 3.78. The Kier molecular flexibility index (Phi) is 5.90.